The van der Waals surface area contributed by atoms with Gasteiger partial charge in [0.05, 0.1) is 13.2 Å². The Labute approximate surface area is 140 Å². The lowest BCUT2D eigenvalue weighted by Gasteiger charge is -2.27. The highest BCUT2D eigenvalue weighted by Gasteiger charge is 2.21. The summed E-state index contributed by atoms with van der Waals surface area (Å²) >= 11 is 1.78. The molecule has 122 valence electrons. The zero-order chi connectivity index (χ0) is 16.2. The fraction of sp³-hybridized carbons (Fsp3) is 0.389. The number of carbonyl (C=O) groups excluding carboxylic acids is 1. The van der Waals surface area contributed by atoms with Gasteiger partial charge in [-0.2, -0.15) is 0 Å². The molecule has 0 spiro atoms. The number of nitrogens with zero attached hydrogens (tertiary/aromatic N) is 1. The highest BCUT2D eigenvalue weighted by atomic mass is 32.1. The average molecular weight is 330 g/mol. The van der Waals surface area contributed by atoms with Crippen molar-refractivity contribution in [2.45, 2.75) is 32.5 Å². The van der Waals surface area contributed by atoms with E-state index in [0.717, 1.165) is 30.6 Å². The van der Waals surface area contributed by atoms with Crippen LogP contribution >= 0.6 is 11.3 Å². The van der Waals surface area contributed by atoms with Gasteiger partial charge in [0.25, 0.3) is 0 Å². The lowest BCUT2D eigenvalue weighted by Crippen LogP contribution is -2.41. The topological polar surface area (TPSA) is 52.6 Å². The van der Waals surface area contributed by atoms with Gasteiger partial charge in [-0.25, -0.2) is 0 Å². The maximum atomic E-state index is 12.4. The van der Waals surface area contributed by atoms with Crippen LogP contribution in [-0.4, -0.2) is 29.0 Å². The quantitative estimate of drug-likeness (QED) is 0.885. The molecule has 1 aromatic heterocycles. The molecule has 0 radical (unpaired) electrons. The van der Waals surface area contributed by atoms with Gasteiger partial charge in [-0.1, -0.05) is 24.3 Å². The van der Waals surface area contributed by atoms with Gasteiger partial charge >= 0.3 is 0 Å². The van der Waals surface area contributed by atoms with Gasteiger partial charge in [-0.05, 0) is 41.5 Å². The van der Waals surface area contributed by atoms with Crippen LogP contribution in [0.3, 0.4) is 0 Å². The van der Waals surface area contributed by atoms with E-state index in [9.17, 15) is 9.90 Å². The van der Waals surface area contributed by atoms with Crippen LogP contribution < -0.4 is 5.32 Å². The Hall–Kier alpha value is -1.69. The summed E-state index contributed by atoms with van der Waals surface area (Å²) in [5.41, 5.74) is 3.27. The molecule has 1 aromatic carbocycles. The Balaban J connectivity index is 1.54. The summed E-state index contributed by atoms with van der Waals surface area (Å²) < 4.78 is 0. The second-order valence-corrected chi connectivity index (χ2v) is 6.94. The van der Waals surface area contributed by atoms with Gasteiger partial charge in [-0.15, -0.1) is 11.3 Å². The summed E-state index contributed by atoms with van der Waals surface area (Å²) in [4.78, 5) is 15.8. The van der Waals surface area contributed by atoms with Crippen molar-refractivity contribution in [3.05, 3.63) is 57.3 Å². The molecule has 4 nitrogen and oxygen atoms in total. The third-order valence-electron chi connectivity index (χ3n) is 4.35. The number of amides is 1. The number of benzene rings is 1. The van der Waals surface area contributed by atoms with Crippen molar-refractivity contribution in [1.29, 1.82) is 0 Å². The molecule has 1 atom stereocenters. The number of aliphatic hydroxyl groups is 1. The molecule has 23 heavy (non-hydrogen) atoms. The van der Waals surface area contributed by atoms with E-state index in [4.69, 9.17) is 0 Å². The molecule has 2 aromatic rings. The van der Waals surface area contributed by atoms with Crippen molar-refractivity contribution in [2.24, 2.45) is 0 Å². The van der Waals surface area contributed by atoms with E-state index in [1.807, 2.05) is 36.1 Å². The van der Waals surface area contributed by atoms with Crippen molar-refractivity contribution in [1.82, 2.24) is 10.2 Å². The molecule has 0 saturated carbocycles. The number of rotatable bonds is 5. The summed E-state index contributed by atoms with van der Waals surface area (Å²) in [5.74, 6) is 0.145. The maximum Gasteiger partial charge on any atom is 0.236 e. The average Bonchev–Trinajstić information content (AvgIpc) is 3.07. The Morgan fingerprint density at radius 2 is 2.30 bits per heavy atom. The minimum absolute atomic E-state index is 0.0379. The molecule has 1 unspecified atom stereocenters. The standard InChI is InChI=1S/C18H22N2O2S/c1-13(15-4-2-3-14(9-15)12-21)19-10-18(22)20-7-5-17-16(11-20)6-8-23-17/h2-4,6,8-9,13,19,21H,5,7,10-12H2,1H3. The number of fused-ring (bicyclic) bond motifs is 1. The minimum atomic E-state index is 0.0379. The number of aliphatic hydroxyl groups excluding tert-OH is 1. The number of nitrogens with one attached hydrogen (secondary N) is 1. The molecule has 0 fully saturated rings. The van der Waals surface area contributed by atoms with E-state index in [1.54, 1.807) is 11.3 Å². The Bertz CT molecular complexity index is 683. The second kappa shape index (κ2) is 7.25. The molecule has 3 rings (SSSR count). The fourth-order valence-electron chi connectivity index (χ4n) is 2.89. The zero-order valence-corrected chi connectivity index (χ0v) is 14.1. The Morgan fingerprint density at radius 1 is 1.43 bits per heavy atom. The van der Waals surface area contributed by atoms with Gasteiger partial charge in [0.2, 0.25) is 5.91 Å². The molecular weight excluding hydrogens is 308 g/mol. The summed E-state index contributed by atoms with van der Waals surface area (Å²) in [6, 6.07) is 10.0. The summed E-state index contributed by atoms with van der Waals surface area (Å²) in [6.45, 7) is 3.95. The van der Waals surface area contributed by atoms with Crippen molar-refractivity contribution in [3.8, 4) is 0 Å². The van der Waals surface area contributed by atoms with Crippen molar-refractivity contribution in [3.63, 3.8) is 0 Å². The highest BCUT2D eigenvalue weighted by Crippen LogP contribution is 2.24. The van der Waals surface area contributed by atoms with Crippen LogP contribution in [0.4, 0.5) is 0 Å². The van der Waals surface area contributed by atoms with Crippen molar-refractivity contribution < 1.29 is 9.90 Å². The molecule has 1 aliphatic heterocycles. The maximum absolute atomic E-state index is 12.4. The van der Waals surface area contributed by atoms with E-state index in [2.05, 4.69) is 16.8 Å². The predicted molar refractivity (Wildman–Crippen MR) is 92.2 cm³/mol. The monoisotopic (exact) mass is 330 g/mol. The van der Waals surface area contributed by atoms with E-state index in [-0.39, 0.29) is 18.6 Å². The number of hydrogen-bond donors (Lipinski definition) is 2. The van der Waals surface area contributed by atoms with Gasteiger partial charge < -0.3 is 15.3 Å². The Morgan fingerprint density at radius 3 is 3.13 bits per heavy atom. The minimum Gasteiger partial charge on any atom is -0.392 e. The third kappa shape index (κ3) is 3.80. The van der Waals surface area contributed by atoms with Gasteiger partial charge in [0, 0.05) is 24.0 Å². The first kappa shape index (κ1) is 16.2. The van der Waals surface area contributed by atoms with Crippen LogP contribution in [0.5, 0.6) is 0 Å². The molecule has 1 aliphatic rings. The molecule has 2 heterocycles. The molecule has 1 amide bonds. The van der Waals surface area contributed by atoms with Crippen LogP contribution in [0.15, 0.2) is 35.7 Å². The number of thiophene rings is 1. The van der Waals surface area contributed by atoms with E-state index in [1.165, 1.54) is 10.4 Å². The normalized spacial score (nSPS) is 15.3. The molecule has 2 N–H and O–H groups in total. The number of hydrogen-bond acceptors (Lipinski definition) is 4. The van der Waals surface area contributed by atoms with Gasteiger partial charge in [0.1, 0.15) is 0 Å². The van der Waals surface area contributed by atoms with E-state index < -0.39 is 0 Å². The highest BCUT2D eigenvalue weighted by molar-refractivity contribution is 7.10. The summed E-state index contributed by atoms with van der Waals surface area (Å²) in [5, 5.41) is 14.6. The van der Waals surface area contributed by atoms with Crippen LogP contribution in [0.25, 0.3) is 0 Å². The van der Waals surface area contributed by atoms with Crippen LogP contribution in [0.1, 0.15) is 34.5 Å². The largest absolute Gasteiger partial charge is 0.392 e. The SMILES string of the molecule is CC(NCC(=O)N1CCc2sccc2C1)c1cccc(CO)c1. The van der Waals surface area contributed by atoms with Gasteiger partial charge in [0.15, 0.2) is 0 Å². The zero-order valence-electron chi connectivity index (χ0n) is 13.3. The molecule has 5 heteroatoms. The molecule has 0 saturated heterocycles. The second-order valence-electron chi connectivity index (χ2n) is 5.94. The lowest BCUT2D eigenvalue weighted by molar-refractivity contribution is -0.131. The smallest absolute Gasteiger partial charge is 0.236 e. The fourth-order valence-corrected chi connectivity index (χ4v) is 3.78. The first-order chi connectivity index (χ1) is 11.2. The first-order valence-electron chi connectivity index (χ1n) is 7.93. The predicted octanol–water partition coefficient (Wildman–Crippen LogP) is 2.48. The van der Waals surface area contributed by atoms with Crippen LogP contribution in [0.2, 0.25) is 0 Å². The first-order valence-corrected chi connectivity index (χ1v) is 8.81. The number of carbonyl (C=O) groups is 1. The molecular formula is C18H22N2O2S. The van der Waals surface area contributed by atoms with Crippen LogP contribution in [-0.2, 0) is 24.4 Å². The molecule has 0 aliphatic carbocycles. The summed E-state index contributed by atoms with van der Waals surface area (Å²) in [6.07, 6.45) is 0.965. The lowest BCUT2D eigenvalue weighted by atomic mass is 10.1. The molecule has 0 bridgehead atoms. The summed E-state index contributed by atoms with van der Waals surface area (Å²) in [7, 11) is 0. The van der Waals surface area contributed by atoms with Crippen molar-refractivity contribution >= 4 is 17.2 Å². The Kier molecular flexibility index (Phi) is 5.10. The van der Waals surface area contributed by atoms with E-state index in [0.29, 0.717) is 6.54 Å². The van der Waals surface area contributed by atoms with Crippen LogP contribution in [0, 0.1) is 0 Å². The van der Waals surface area contributed by atoms with Gasteiger partial charge in [-0.3, -0.25) is 4.79 Å². The van der Waals surface area contributed by atoms with Crippen molar-refractivity contribution in [2.75, 3.05) is 13.1 Å². The van der Waals surface area contributed by atoms with E-state index >= 15 is 0 Å². The third-order valence-corrected chi connectivity index (χ3v) is 5.38.